The van der Waals surface area contributed by atoms with Crippen molar-refractivity contribution in [2.24, 2.45) is 5.73 Å². The van der Waals surface area contributed by atoms with Crippen molar-refractivity contribution in [1.82, 2.24) is 4.90 Å². The molecule has 1 fully saturated rings. The number of hydrogen-bond acceptors (Lipinski definition) is 5. The summed E-state index contributed by atoms with van der Waals surface area (Å²) in [5.41, 5.74) is 7.21. The van der Waals surface area contributed by atoms with Gasteiger partial charge in [-0.25, -0.2) is 4.79 Å². The highest BCUT2D eigenvalue weighted by Gasteiger charge is 2.44. The predicted molar refractivity (Wildman–Crippen MR) is 79.9 cm³/mol. The van der Waals surface area contributed by atoms with Gasteiger partial charge in [-0.3, -0.25) is 4.79 Å². The van der Waals surface area contributed by atoms with Crippen LogP contribution in [0.3, 0.4) is 0 Å². The van der Waals surface area contributed by atoms with E-state index in [1.807, 2.05) is 11.4 Å². The molecule has 0 radical (unpaired) electrons. The Labute approximate surface area is 128 Å². The molecule has 2 N–H and O–H groups in total. The highest BCUT2D eigenvalue weighted by Crippen LogP contribution is 2.41. The number of nitrogens with two attached hydrogens (primary N) is 1. The summed E-state index contributed by atoms with van der Waals surface area (Å²) >= 11 is 1.65. The zero-order valence-corrected chi connectivity index (χ0v) is 12.9. The van der Waals surface area contributed by atoms with Crippen LogP contribution in [0.5, 0.6) is 0 Å². The molecule has 1 amide bonds. The number of thiophene rings is 1. The second-order valence-corrected chi connectivity index (χ2v) is 6.53. The summed E-state index contributed by atoms with van der Waals surface area (Å²) in [6.07, 6.45) is 3.03. The fourth-order valence-corrected chi connectivity index (χ4v) is 4.43. The van der Waals surface area contributed by atoms with Crippen molar-refractivity contribution in [2.45, 2.75) is 50.7 Å². The largest absolute Gasteiger partial charge is 0.464 e. The molecule has 0 spiro atoms. The smallest absolute Gasteiger partial charge is 0.328 e. The molecular weight excluding hydrogens is 288 g/mol. The van der Waals surface area contributed by atoms with Crippen molar-refractivity contribution in [2.75, 3.05) is 6.61 Å². The minimum Gasteiger partial charge on any atom is -0.464 e. The molecule has 3 unspecified atom stereocenters. The molecule has 2 aliphatic heterocycles. The van der Waals surface area contributed by atoms with Gasteiger partial charge in [0.05, 0.1) is 18.7 Å². The topological polar surface area (TPSA) is 72.6 Å². The maximum Gasteiger partial charge on any atom is 0.328 e. The number of ether oxygens (including phenoxy) is 1. The van der Waals surface area contributed by atoms with Crippen LogP contribution in [-0.4, -0.2) is 35.5 Å². The quantitative estimate of drug-likeness (QED) is 0.843. The monoisotopic (exact) mass is 308 g/mol. The number of esters is 1. The van der Waals surface area contributed by atoms with Crippen LogP contribution in [0, 0.1) is 0 Å². The van der Waals surface area contributed by atoms with Gasteiger partial charge in [-0.1, -0.05) is 0 Å². The fourth-order valence-electron chi connectivity index (χ4n) is 3.36. The van der Waals surface area contributed by atoms with E-state index in [2.05, 4.69) is 0 Å². The first-order chi connectivity index (χ1) is 10.1. The summed E-state index contributed by atoms with van der Waals surface area (Å²) in [5.74, 6) is -0.427. The van der Waals surface area contributed by atoms with Crippen LogP contribution in [0.15, 0.2) is 11.4 Å². The molecule has 0 saturated carbocycles. The first-order valence-corrected chi connectivity index (χ1v) is 8.32. The van der Waals surface area contributed by atoms with E-state index in [-0.39, 0.29) is 17.9 Å². The highest BCUT2D eigenvalue weighted by atomic mass is 32.1. The Bertz CT molecular complexity index is 557. The second-order valence-electron chi connectivity index (χ2n) is 5.58. The number of piperidine rings is 1. The molecule has 2 aliphatic rings. The van der Waals surface area contributed by atoms with Crippen molar-refractivity contribution < 1.29 is 14.3 Å². The van der Waals surface area contributed by atoms with E-state index < -0.39 is 12.1 Å². The number of rotatable bonds is 2. The van der Waals surface area contributed by atoms with Crippen LogP contribution < -0.4 is 5.73 Å². The third kappa shape index (κ3) is 2.46. The number of carbonyl (C=O) groups is 2. The standard InChI is InChI=1S/C15H20N2O3S/c1-2-20-15(19)12-5-3-4-11-13-9(6-7-21-13)8-10(16)14(18)17(11)12/h6-7,10-12H,2-5,8,16H2,1H3. The normalized spacial score (nSPS) is 28.6. The highest BCUT2D eigenvalue weighted by molar-refractivity contribution is 7.10. The Hall–Kier alpha value is -1.40. The van der Waals surface area contributed by atoms with Gasteiger partial charge in [0.15, 0.2) is 0 Å². The first kappa shape index (κ1) is 14.5. The molecule has 3 atom stereocenters. The Balaban J connectivity index is 1.99. The summed E-state index contributed by atoms with van der Waals surface area (Å²) < 4.78 is 5.15. The van der Waals surface area contributed by atoms with Crippen molar-refractivity contribution in [3.63, 3.8) is 0 Å². The zero-order valence-electron chi connectivity index (χ0n) is 12.1. The minimum absolute atomic E-state index is 0.0239. The van der Waals surface area contributed by atoms with E-state index in [4.69, 9.17) is 10.5 Å². The molecule has 1 aromatic rings. The average Bonchev–Trinajstić information content (AvgIpc) is 2.90. The van der Waals surface area contributed by atoms with Crippen molar-refractivity contribution in [1.29, 1.82) is 0 Å². The van der Waals surface area contributed by atoms with Gasteiger partial charge in [0.2, 0.25) is 5.91 Å². The van der Waals surface area contributed by atoms with Gasteiger partial charge in [0.25, 0.3) is 0 Å². The van der Waals surface area contributed by atoms with E-state index in [1.165, 1.54) is 4.88 Å². The van der Waals surface area contributed by atoms with Gasteiger partial charge in [-0.05, 0) is 49.6 Å². The van der Waals surface area contributed by atoms with Crippen molar-refractivity contribution >= 4 is 23.2 Å². The molecule has 6 heteroatoms. The van der Waals surface area contributed by atoms with E-state index in [0.717, 1.165) is 18.4 Å². The van der Waals surface area contributed by atoms with Gasteiger partial charge in [0.1, 0.15) is 6.04 Å². The molecule has 0 bridgehead atoms. The van der Waals surface area contributed by atoms with Crippen LogP contribution in [-0.2, 0) is 20.7 Å². The van der Waals surface area contributed by atoms with E-state index in [0.29, 0.717) is 19.4 Å². The summed E-state index contributed by atoms with van der Waals surface area (Å²) in [6, 6.07) is 0.961. The molecule has 0 aliphatic carbocycles. The second kappa shape index (κ2) is 5.77. The number of amides is 1. The molecule has 0 aromatic carbocycles. The number of fused-ring (bicyclic) bond motifs is 3. The van der Waals surface area contributed by atoms with Gasteiger partial charge >= 0.3 is 5.97 Å². The summed E-state index contributed by atoms with van der Waals surface area (Å²) in [7, 11) is 0. The molecule has 3 rings (SSSR count). The number of hydrogen-bond donors (Lipinski definition) is 1. The van der Waals surface area contributed by atoms with Crippen LogP contribution in [0.2, 0.25) is 0 Å². The summed E-state index contributed by atoms with van der Waals surface area (Å²) in [4.78, 5) is 27.8. The lowest BCUT2D eigenvalue weighted by molar-refractivity contribution is -0.159. The average molecular weight is 308 g/mol. The maximum atomic E-state index is 12.7. The van der Waals surface area contributed by atoms with Crippen molar-refractivity contribution in [3.8, 4) is 0 Å². The Morgan fingerprint density at radius 2 is 2.33 bits per heavy atom. The molecule has 5 nitrogen and oxygen atoms in total. The van der Waals surface area contributed by atoms with Gasteiger partial charge in [-0.15, -0.1) is 11.3 Å². The molecular formula is C15H20N2O3S. The summed E-state index contributed by atoms with van der Waals surface area (Å²) in [5, 5.41) is 2.04. The van der Waals surface area contributed by atoms with Crippen LogP contribution in [0.1, 0.15) is 42.7 Å². The molecule has 3 heterocycles. The predicted octanol–water partition coefficient (Wildman–Crippen LogP) is 1.62. The van der Waals surface area contributed by atoms with Crippen molar-refractivity contribution in [3.05, 3.63) is 21.9 Å². The minimum atomic E-state index is -0.571. The van der Waals surface area contributed by atoms with Crippen LogP contribution in [0.25, 0.3) is 0 Å². The Morgan fingerprint density at radius 3 is 3.10 bits per heavy atom. The molecule has 1 aromatic heterocycles. The van der Waals surface area contributed by atoms with Crippen LogP contribution >= 0.6 is 11.3 Å². The maximum absolute atomic E-state index is 12.7. The van der Waals surface area contributed by atoms with E-state index in [9.17, 15) is 9.59 Å². The fraction of sp³-hybridized carbons (Fsp3) is 0.600. The van der Waals surface area contributed by atoms with Crippen LogP contribution in [0.4, 0.5) is 0 Å². The Kier molecular flexibility index (Phi) is 3.99. The molecule has 114 valence electrons. The molecule has 21 heavy (non-hydrogen) atoms. The lowest BCUT2D eigenvalue weighted by Crippen LogP contribution is -2.54. The van der Waals surface area contributed by atoms with E-state index >= 15 is 0 Å². The third-order valence-electron chi connectivity index (χ3n) is 4.28. The lowest BCUT2D eigenvalue weighted by atomic mass is 9.94. The van der Waals surface area contributed by atoms with E-state index in [1.54, 1.807) is 23.2 Å². The SMILES string of the molecule is CCOC(=O)C1CCCC2c3sccc3CC(N)C(=O)N12. The van der Waals surface area contributed by atoms with Gasteiger partial charge in [0, 0.05) is 4.88 Å². The Morgan fingerprint density at radius 1 is 1.52 bits per heavy atom. The first-order valence-electron chi connectivity index (χ1n) is 7.44. The number of carbonyl (C=O) groups excluding carboxylic acids is 2. The van der Waals surface area contributed by atoms with Gasteiger partial charge < -0.3 is 15.4 Å². The summed E-state index contributed by atoms with van der Waals surface area (Å²) in [6.45, 7) is 2.11. The third-order valence-corrected chi connectivity index (χ3v) is 5.34. The number of nitrogens with zero attached hydrogens (tertiary/aromatic N) is 1. The zero-order chi connectivity index (χ0) is 15.0. The lowest BCUT2D eigenvalue weighted by Gasteiger charge is -2.40. The molecule has 1 saturated heterocycles. The van der Waals surface area contributed by atoms with Gasteiger partial charge in [-0.2, -0.15) is 0 Å².